The van der Waals surface area contributed by atoms with E-state index in [4.69, 9.17) is 5.73 Å². The smallest absolute Gasteiger partial charge is 0.388 e. The zero-order valence-corrected chi connectivity index (χ0v) is 9.76. The van der Waals surface area contributed by atoms with Gasteiger partial charge in [-0.2, -0.15) is 26.3 Å². The first kappa shape index (κ1) is 16.7. The Morgan fingerprint density at radius 2 is 1.65 bits per heavy atom. The lowest BCUT2D eigenvalue weighted by molar-refractivity contribution is -0.154. The zero-order chi connectivity index (χ0) is 15.7. The summed E-state index contributed by atoms with van der Waals surface area (Å²) in [5.74, 6) is -1.24. The molecule has 9 heteroatoms. The van der Waals surface area contributed by atoms with Crippen LogP contribution < -0.4 is 5.73 Å². The van der Waals surface area contributed by atoms with Gasteiger partial charge in [0.15, 0.2) is 0 Å². The molecule has 20 heavy (non-hydrogen) atoms. The number of aliphatic hydroxyl groups is 1. The summed E-state index contributed by atoms with van der Waals surface area (Å²) < 4.78 is 87.1. The lowest BCUT2D eigenvalue weighted by Crippen LogP contribution is -2.38. The highest BCUT2D eigenvalue weighted by Crippen LogP contribution is 2.33. The van der Waals surface area contributed by atoms with Gasteiger partial charge in [-0.1, -0.05) is 0 Å². The summed E-state index contributed by atoms with van der Waals surface area (Å²) in [6.45, 7) is 0. The van der Waals surface area contributed by atoms with Crippen molar-refractivity contribution in [1.29, 1.82) is 0 Å². The second kappa shape index (κ2) is 5.57. The minimum absolute atomic E-state index is 0.267. The summed E-state index contributed by atoms with van der Waals surface area (Å²) in [5, 5.41) is 9.44. The van der Waals surface area contributed by atoms with Gasteiger partial charge in [0.25, 0.3) is 0 Å². The summed E-state index contributed by atoms with van der Waals surface area (Å²) >= 11 is 0. The Morgan fingerprint density at radius 1 is 1.10 bits per heavy atom. The Hall–Kier alpha value is -1.35. The molecule has 3 N–H and O–H groups in total. The van der Waals surface area contributed by atoms with Crippen molar-refractivity contribution >= 4 is 0 Å². The number of halogens is 7. The van der Waals surface area contributed by atoms with Crippen LogP contribution in [0.3, 0.4) is 0 Å². The molecule has 0 unspecified atom stereocenters. The fourth-order valence-electron chi connectivity index (χ4n) is 1.48. The maximum atomic E-state index is 13.3. The molecular weight excluding hydrogens is 295 g/mol. The summed E-state index contributed by atoms with van der Waals surface area (Å²) in [4.78, 5) is 0. The van der Waals surface area contributed by atoms with Crippen molar-refractivity contribution < 1.29 is 35.8 Å². The first-order valence-electron chi connectivity index (χ1n) is 5.30. The third-order valence-corrected chi connectivity index (χ3v) is 2.58. The van der Waals surface area contributed by atoms with E-state index in [1.807, 2.05) is 0 Å². The van der Waals surface area contributed by atoms with Gasteiger partial charge in [-0.15, -0.1) is 0 Å². The summed E-state index contributed by atoms with van der Waals surface area (Å²) in [7, 11) is 0. The van der Waals surface area contributed by atoms with Crippen LogP contribution in [0.5, 0.6) is 0 Å². The maximum absolute atomic E-state index is 13.3. The van der Waals surface area contributed by atoms with Gasteiger partial charge in [-0.25, -0.2) is 4.39 Å². The first-order valence-corrected chi connectivity index (χ1v) is 5.30. The molecule has 0 aliphatic carbocycles. The van der Waals surface area contributed by atoms with E-state index in [-0.39, 0.29) is 6.07 Å². The van der Waals surface area contributed by atoms with Crippen LogP contribution >= 0.6 is 0 Å². The van der Waals surface area contributed by atoms with Crippen LogP contribution in [-0.2, 0) is 6.18 Å². The van der Waals surface area contributed by atoms with Crippen LogP contribution in [0.2, 0.25) is 0 Å². The number of alkyl halides is 6. The van der Waals surface area contributed by atoms with Crippen LogP contribution in [0, 0.1) is 5.82 Å². The zero-order valence-electron chi connectivity index (χ0n) is 9.76. The molecule has 0 aromatic heterocycles. The van der Waals surface area contributed by atoms with Gasteiger partial charge >= 0.3 is 12.4 Å². The van der Waals surface area contributed by atoms with Crippen molar-refractivity contribution in [2.24, 2.45) is 5.73 Å². The van der Waals surface area contributed by atoms with Crippen molar-refractivity contribution in [2.45, 2.75) is 30.9 Å². The lowest BCUT2D eigenvalue weighted by atomic mass is 9.99. The molecule has 0 amide bonds. The van der Waals surface area contributed by atoms with Crippen LogP contribution in [0.4, 0.5) is 30.7 Å². The van der Waals surface area contributed by atoms with E-state index in [1.54, 1.807) is 0 Å². The Morgan fingerprint density at radius 3 is 2.10 bits per heavy atom. The molecule has 0 aliphatic heterocycles. The number of aliphatic hydroxyl groups excluding tert-OH is 1. The van der Waals surface area contributed by atoms with E-state index >= 15 is 0 Å². The SMILES string of the molecule is N[C@@H](C[C@@H](O)c1cc(C(F)(F)F)ccc1F)C(F)(F)F. The van der Waals surface area contributed by atoms with Gasteiger partial charge in [-0.3, -0.25) is 0 Å². The molecule has 2 atom stereocenters. The molecule has 0 bridgehead atoms. The topological polar surface area (TPSA) is 46.2 Å². The quantitative estimate of drug-likeness (QED) is 0.843. The number of hydrogen-bond donors (Lipinski definition) is 2. The second-order valence-electron chi connectivity index (χ2n) is 4.13. The van der Waals surface area contributed by atoms with E-state index in [0.29, 0.717) is 12.1 Å². The summed E-state index contributed by atoms with van der Waals surface area (Å²) in [6.07, 6.45) is -12.9. The van der Waals surface area contributed by atoms with E-state index < -0.39 is 47.9 Å². The molecule has 1 aromatic carbocycles. The molecule has 0 aliphatic rings. The van der Waals surface area contributed by atoms with Crippen molar-refractivity contribution in [2.75, 3.05) is 0 Å². The van der Waals surface area contributed by atoms with Crippen LogP contribution in [0.25, 0.3) is 0 Å². The van der Waals surface area contributed by atoms with E-state index in [2.05, 4.69) is 0 Å². The van der Waals surface area contributed by atoms with Gasteiger partial charge in [0, 0.05) is 12.0 Å². The largest absolute Gasteiger partial charge is 0.416 e. The molecule has 0 heterocycles. The normalized spacial score (nSPS) is 16.1. The molecule has 1 rings (SSSR count). The maximum Gasteiger partial charge on any atom is 0.416 e. The lowest BCUT2D eigenvalue weighted by Gasteiger charge is -2.20. The van der Waals surface area contributed by atoms with E-state index in [9.17, 15) is 35.8 Å². The van der Waals surface area contributed by atoms with Gasteiger partial charge < -0.3 is 10.8 Å². The van der Waals surface area contributed by atoms with Gasteiger partial charge in [0.05, 0.1) is 11.7 Å². The van der Waals surface area contributed by atoms with Crippen molar-refractivity contribution in [3.8, 4) is 0 Å². The van der Waals surface area contributed by atoms with Crippen molar-refractivity contribution in [3.05, 3.63) is 35.1 Å². The second-order valence-corrected chi connectivity index (χ2v) is 4.13. The average molecular weight is 305 g/mol. The van der Waals surface area contributed by atoms with Gasteiger partial charge in [0.2, 0.25) is 0 Å². The van der Waals surface area contributed by atoms with Crippen molar-refractivity contribution in [3.63, 3.8) is 0 Å². The van der Waals surface area contributed by atoms with Gasteiger partial charge in [0.1, 0.15) is 11.9 Å². The van der Waals surface area contributed by atoms with Crippen LogP contribution in [0.1, 0.15) is 23.7 Å². The number of nitrogens with two attached hydrogens (primary N) is 1. The molecule has 2 nitrogen and oxygen atoms in total. The third kappa shape index (κ3) is 4.07. The van der Waals surface area contributed by atoms with Crippen LogP contribution in [0.15, 0.2) is 18.2 Å². The predicted molar refractivity (Wildman–Crippen MR) is 55.0 cm³/mol. The fourth-order valence-corrected chi connectivity index (χ4v) is 1.48. The highest BCUT2D eigenvalue weighted by molar-refractivity contribution is 5.28. The minimum atomic E-state index is -4.83. The van der Waals surface area contributed by atoms with Gasteiger partial charge in [-0.05, 0) is 18.2 Å². The van der Waals surface area contributed by atoms with E-state index in [1.165, 1.54) is 0 Å². The van der Waals surface area contributed by atoms with E-state index in [0.717, 1.165) is 0 Å². The average Bonchev–Trinajstić information content (AvgIpc) is 2.26. The Labute approximate surface area is 109 Å². The standard InChI is InChI=1S/C11H10F7NO/c12-7-2-1-5(10(13,14)15)3-6(7)8(20)4-9(19)11(16,17)18/h1-3,8-9,20H,4,19H2/t8-,9+/m1/s1. The monoisotopic (exact) mass is 305 g/mol. The Balaban J connectivity index is 3.01. The molecule has 0 radical (unpaired) electrons. The molecule has 0 saturated heterocycles. The molecule has 0 fully saturated rings. The first-order chi connectivity index (χ1) is 8.93. The highest BCUT2D eigenvalue weighted by Gasteiger charge is 2.39. The fraction of sp³-hybridized carbons (Fsp3) is 0.455. The third-order valence-electron chi connectivity index (χ3n) is 2.58. The molecule has 0 saturated carbocycles. The molecular formula is C11H10F7NO. The predicted octanol–water partition coefficient (Wildman–Crippen LogP) is 3.16. The van der Waals surface area contributed by atoms with Crippen molar-refractivity contribution in [1.82, 2.24) is 0 Å². The number of rotatable bonds is 3. The molecule has 0 spiro atoms. The minimum Gasteiger partial charge on any atom is -0.388 e. The summed E-state index contributed by atoms with van der Waals surface area (Å²) in [6, 6.07) is -1.34. The Kier molecular flexibility index (Phi) is 4.65. The Bertz CT molecular complexity index is 469. The highest BCUT2D eigenvalue weighted by atomic mass is 19.4. The van der Waals surface area contributed by atoms with Crippen LogP contribution in [-0.4, -0.2) is 17.3 Å². The number of hydrogen-bond acceptors (Lipinski definition) is 2. The summed E-state index contributed by atoms with van der Waals surface area (Å²) in [5.41, 5.74) is 2.59. The number of benzene rings is 1. The molecule has 114 valence electrons. The molecule has 1 aromatic rings.